The molecule has 2 rings (SSSR count). The van der Waals surface area contributed by atoms with Gasteiger partial charge in [-0.3, -0.25) is 4.79 Å². The third-order valence-electron chi connectivity index (χ3n) is 3.48. The molecule has 2 aromatic rings. The molecule has 25 heavy (non-hydrogen) atoms. The summed E-state index contributed by atoms with van der Waals surface area (Å²) < 4.78 is 27.1. The van der Waals surface area contributed by atoms with Crippen LogP contribution in [-0.2, 0) is 16.4 Å². The van der Waals surface area contributed by atoms with Crippen molar-refractivity contribution in [1.82, 2.24) is 4.72 Å². The number of nitrogens with one attached hydrogen (secondary N) is 2. The van der Waals surface area contributed by atoms with Crippen LogP contribution in [-0.4, -0.2) is 20.4 Å². The van der Waals surface area contributed by atoms with E-state index in [0.717, 1.165) is 12.0 Å². The summed E-state index contributed by atoms with van der Waals surface area (Å²) in [6.07, 6.45) is 0.846. The van der Waals surface area contributed by atoms with Crippen LogP contribution in [0.5, 0.6) is 0 Å². The Labute approximate surface area is 153 Å². The molecule has 0 spiro atoms. The van der Waals surface area contributed by atoms with Crippen LogP contribution >= 0.6 is 11.6 Å². The van der Waals surface area contributed by atoms with Gasteiger partial charge in [0.15, 0.2) is 0 Å². The summed E-state index contributed by atoms with van der Waals surface area (Å²) in [5.74, 6) is -0.458. The minimum absolute atomic E-state index is 0.00180. The maximum absolute atomic E-state index is 12.5. The molecule has 0 aromatic heterocycles. The molecule has 5 nitrogen and oxygen atoms in total. The molecule has 0 aliphatic rings. The summed E-state index contributed by atoms with van der Waals surface area (Å²) in [6, 6.07) is 11.3. The van der Waals surface area contributed by atoms with E-state index >= 15 is 0 Å². The maximum atomic E-state index is 12.5. The minimum Gasteiger partial charge on any atom is -0.322 e. The second kappa shape index (κ2) is 7.99. The first kappa shape index (κ1) is 19.4. The molecule has 1 amide bonds. The van der Waals surface area contributed by atoms with Gasteiger partial charge in [-0.15, -0.1) is 0 Å². The Morgan fingerprint density at radius 2 is 1.88 bits per heavy atom. The average molecular weight is 381 g/mol. The molecule has 0 unspecified atom stereocenters. The van der Waals surface area contributed by atoms with Crippen LogP contribution in [0.3, 0.4) is 0 Å². The lowest BCUT2D eigenvalue weighted by atomic mass is 10.1. The van der Waals surface area contributed by atoms with E-state index in [1.807, 2.05) is 25.1 Å². The number of hydrogen-bond donors (Lipinski definition) is 2. The Morgan fingerprint density at radius 1 is 1.16 bits per heavy atom. The summed E-state index contributed by atoms with van der Waals surface area (Å²) in [4.78, 5) is 12.5. The van der Waals surface area contributed by atoms with Crippen molar-refractivity contribution >= 4 is 33.2 Å². The van der Waals surface area contributed by atoms with Crippen molar-refractivity contribution in [2.75, 3.05) is 5.32 Å². The summed E-state index contributed by atoms with van der Waals surface area (Å²) >= 11 is 6.10. The van der Waals surface area contributed by atoms with Crippen LogP contribution in [0.1, 0.15) is 36.7 Å². The molecule has 0 aliphatic carbocycles. The van der Waals surface area contributed by atoms with Gasteiger partial charge in [0.2, 0.25) is 10.0 Å². The fourth-order valence-corrected chi connectivity index (χ4v) is 3.77. The van der Waals surface area contributed by atoms with Crippen molar-refractivity contribution in [2.24, 2.45) is 0 Å². The topological polar surface area (TPSA) is 75.3 Å². The lowest BCUT2D eigenvalue weighted by Gasteiger charge is -2.12. The third kappa shape index (κ3) is 5.04. The number of carbonyl (C=O) groups is 1. The third-order valence-corrected chi connectivity index (χ3v) is 5.46. The van der Waals surface area contributed by atoms with Gasteiger partial charge in [0.25, 0.3) is 5.91 Å². The van der Waals surface area contributed by atoms with Crippen molar-refractivity contribution in [3.63, 3.8) is 0 Å². The largest absolute Gasteiger partial charge is 0.322 e. The smallest absolute Gasteiger partial charge is 0.257 e. The molecule has 0 aliphatic heterocycles. The normalized spacial score (nSPS) is 11.6. The van der Waals surface area contributed by atoms with E-state index in [1.165, 1.54) is 18.2 Å². The van der Waals surface area contributed by atoms with Gasteiger partial charge < -0.3 is 5.32 Å². The minimum atomic E-state index is -3.70. The van der Waals surface area contributed by atoms with Gasteiger partial charge >= 0.3 is 0 Å². The Bertz CT molecular complexity index is 880. The molecule has 7 heteroatoms. The lowest BCUT2D eigenvalue weighted by molar-refractivity contribution is 0.102. The summed E-state index contributed by atoms with van der Waals surface area (Å²) in [6.45, 7) is 5.47. The van der Waals surface area contributed by atoms with E-state index in [4.69, 9.17) is 11.6 Å². The number of halogens is 1. The van der Waals surface area contributed by atoms with E-state index in [0.29, 0.717) is 5.69 Å². The Balaban J connectivity index is 2.32. The van der Waals surface area contributed by atoms with Gasteiger partial charge in [-0.1, -0.05) is 30.7 Å². The maximum Gasteiger partial charge on any atom is 0.257 e. The van der Waals surface area contributed by atoms with E-state index in [2.05, 4.69) is 10.0 Å². The number of anilines is 1. The number of rotatable bonds is 6. The van der Waals surface area contributed by atoms with Crippen LogP contribution in [0.4, 0.5) is 5.69 Å². The number of aryl methyl sites for hydroxylation is 1. The van der Waals surface area contributed by atoms with Crippen molar-refractivity contribution in [3.05, 3.63) is 58.6 Å². The Morgan fingerprint density at radius 3 is 2.52 bits per heavy atom. The molecular formula is C18H21ClN2O3S. The van der Waals surface area contributed by atoms with Crippen LogP contribution in [0.25, 0.3) is 0 Å². The van der Waals surface area contributed by atoms with Gasteiger partial charge in [-0.05, 0) is 56.2 Å². The van der Waals surface area contributed by atoms with Crippen molar-refractivity contribution < 1.29 is 13.2 Å². The first-order valence-corrected chi connectivity index (χ1v) is 9.81. The van der Waals surface area contributed by atoms with E-state index in [1.54, 1.807) is 19.9 Å². The van der Waals surface area contributed by atoms with E-state index in [9.17, 15) is 13.2 Å². The zero-order chi connectivity index (χ0) is 18.6. The van der Waals surface area contributed by atoms with Gasteiger partial charge in [0, 0.05) is 11.7 Å². The number of carbonyl (C=O) groups excluding carboxylic acids is 1. The SMILES string of the molecule is CCc1cccc(NC(=O)c2cc(S(=O)(=O)NC(C)C)ccc2Cl)c1. The van der Waals surface area contributed by atoms with Crippen molar-refractivity contribution in [2.45, 2.75) is 38.1 Å². The van der Waals surface area contributed by atoms with E-state index < -0.39 is 15.9 Å². The van der Waals surface area contributed by atoms with Gasteiger partial charge in [-0.2, -0.15) is 0 Å². The molecule has 0 saturated heterocycles. The molecule has 0 atom stereocenters. The molecular weight excluding hydrogens is 360 g/mol. The summed E-state index contributed by atoms with van der Waals surface area (Å²) in [7, 11) is -3.70. The number of amides is 1. The molecule has 0 heterocycles. The number of benzene rings is 2. The van der Waals surface area contributed by atoms with E-state index in [-0.39, 0.29) is 21.5 Å². The first-order valence-electron chi connectivity index (χ1n) is 7.95. The average Bonchev–Trinajstić information content (AvgIpc) is 2.54. The summed E-state index contributed by atoms with van der Waals surface area (Å²) in [5.41, 5.74) is 1.82. The van der Waals surface area contributed by atoms with Crippen LogP contribution in [0.2, 0.25) is 5.02 Å². The highest BCUT2D eigenvalue weighted by Gasteiger charge is 2.19. The summed E-state index contributed by atoms with van der Waals surface area (Å²) in [5, 5.41) is 2.94. The molecule has 0 fully saturated rings. The number of sulfonamides is 1. The Hall–Kier alpha value is -1.89. The molecule has 0 saturated carbocycles. The monoisotopic (exact) mass is 380 g/mol. The fourth-order valence-electron chi connectivity index (χ4n) is 2.29. The molecule has 0 radical (unpaired) electrons. The lowest BCUT2D eigenvalue weighted by Crippen LogP contribution is -2.30. The zero-order valence-electron chi connectivity index (χ0n) is 14.3. The van der Waals surface area contributed by atoms with Gasteiger partial charge in [-0.25, -0.2) is 13.1 Å². The Kier molecular flexibility index (Phi) is 6.21. The second-order valence-corrected chi connectivity index (χ2v) is 8.05. The highest BCUT2D eigenvalue weighted by Crippen LogP contribution is 2.22. The molecule has 0 bridgehead atoms. The van der Waals surface area contributed by atoms with Crippen molar-refractivity contribution in [1.29, 1.82) is 0 Å². The van der Waals surface area contributed by atoms with Crippen molar-refractivity contribution in [3.8, 4) is 0 Å². The van der Waals surface area contributed by atoms with Crippen LogP contribution < -0.4 is 10.0 Å². The predicted octanol–water partition coefficient (Wildman–Crippen LogP) is 3.84. The highest BCUT2D eigenvalue weighted by molar-refractivity contribution is 7.89. The molecule has 2 aromatic carbocycles. The number of hydrogen-bond acceptors (Lipinski definition) is 3. The zero-order valence-corrected chi connectivity index (χ0v) is 15.9. The van der Waals surface area contributed by atoms with Gasteiger partial charge in [0.05, 0.1) is 15.5 Å². The predicted molar refractivity (Wildman–Crippen MR) is 101 cm³/mol. The quantitative estimate of drug-likeness (QED) is 0.799. The standard InChI is InChI=1S/C18H21ClN2O3S/c1-4-13-6-5-7-14(10-13)20-18(22)16-11-15(8-9-17(16)19)25(23,24)21-12(2)3/h5-12,21H,4H2,1-3H3,(H,20,22). The first-order chi connectivity index (χ1) is 11.7. The molecule has 2 N–H and O–H groups in total. The van der Waals surface area contributed by atoms with Crippen LogP contribution in [0.15, 0.2) is 47.4 Å². The highest BCUT2D eigenvalue weighted by atomic mass is 35.5. The fraction of sp³-hybridized carbons (Fsp3) is 0.278. The van der Waals surface area contributed by atoms with Crippen LogP contribution in [0, 0.1) is 0 Å². The van der Waals surface area contributed by atoms with Gasteiger partial charge in [0.1, 0.15) is 0 Å². The second-order valence-electron chi connectivity index (χ2n) is 5.93. The molecule has 134 valence electrons.